The van der Waals surface area contributed by atoms with Crippen LogP contribution in [0.4, 0.5) is 5.69 Å². The molecule has 29 heavy (non-hydrogen) atoms. The van der Waals surface area contributed by atoms with E-state index in [1.54, 1.807) is 34.5 Å². The lowest BCUT2D eigenvalue weighted by Crippen LogP contribution is -2.42. The molecule has 1 atom stereocenters. The molecule has 1 aromatic carbocycles. The number of hydrogen-bond donors (Lipinski definition) is 2. The first-order chi connectivity index (χ1) is 13.8. The van der Waals surface area contributed by atoms with Crippen molar-refractivity contribution in [3.05, 3.63) is 62.7 Å². The Kier molecular flexibility index (Phi) is 4.87. The lowest BCUT2D eigenvalue weighted by molar-refractivity contribution is -0.126. The van der Waals surface area contributed by atoms with Gasteiger partial charge in [-0.05, 0) is 32.4 Å². The van der Waals surface area contributed by atoms with Crippen LogP contribution in [0.2, 0.25) is 5.02 Å². The molecule has 3 aromatic rings. The number of anilines is 1. The Balaban J connectivity index is 1.50. The number of aryl methyl sites for hydroxylation is 2. The van der Waals surface area contributed by atoms with Crippen LogP contribution in [-0.4, -0.2) is 39.0 Å². The summed E-state index contributed by atoms with van der Waals surface area (Å²) in [5.74, 6) is -0.450. The van der Waals surface area contributed by atoms with E-state index < -0.39 is 6.04 Å². The van der Waals surface area contributed by atoms with E-state index in [2.05, 4.69) is 15.4 Å². The van der Waals surface area contributed by atoms with Gasteiger partial charge in [-0.25, -0.2) is 9.50 Å². The van der Waals surface area contributed by atoms with Gasteiger partial charge in [0.1, 0.15) is 6.04 Å². The highest BCUT2D eigenvalue weighted by Gasteiger charge is 2.34. The largest absolute Gasteiger partial charge is 0.344 e. The molecule has 9 heteroatoms. The molecule has 1 aliphatic heterocycles. The molecule has 8 nitrogen and oxygen atoms in total. The number of aromatic nitrogens is 3. The minimum absolute atomic E-state index is 0.0662. The van der Waals surface area contributed by atoms with Crippen molar-refractivity contribution in [1.82, 2.24) is 19.9 Å². The Morgan fingerprint density at radius 1 is 1.31 bits per heavy atom. The number of carbonyl (C=O) groups is 2. The van der Waals surface area contributed by atoms with Crippen LogP contribution >= 0.6 is 11.6 Å². The van der Waals surface area contributed by atoms with Crippen molar-refractivity contribution < 1.29 is 9.59 Å². The first-order valence-electron chi connectivity index (χ1n) is 9.28. The minimum Gasteiger partial charge on any atom is -0.344 e. The number of para-hydroxylation sites is 1. The van der Waals surface area contributed by atoms with Crippen molar-refractivity contribution >= 4 is 34.7 Å². The van der Waals surface area contributed by atoms with Crippen molar-refractivity contribution in [2.75, 3.05) is 11.4 Å². The monoisotopic (exact) mass is 413 g/mol. The fraction of sp³-hybridized carbons (Fsp3) is 0.300. The number of carbonyl (C=O) groups excluding carboxylic acids is 2. The summed E-state index contributed by atoms with van der Waals surface area (Å²) in [4.78, 5) is 43.0. The molecule has 4 rings (SSSR count). The number of nitrogens with zero attached hydrogens (tertiary/aromatic N) is 3. The number of nitrogens with one attached hydrogen (secondary N) is 2. The summed E-state index contributed by atoms with van der Waals surface area (Å²) < 4.78 is 1.57. The summed E-state index contributed by atoms with van der Waals surface area (Å²) in [5, 5.41) is 5.99. The second kappa shape index (κ2) is 7.36. The molecule has 0 radical (unpaired) electrons. The van der Waals surface area contributed by atoms with Crippen molar-refractivity contribution in [3.8, 4) is 0 Å². The van der Waals surface area contributed by atoms with Gasteiger partial charge >= 0.3 is 0 Å². The molecule has 0 bridgehead atoms. The van der Waals surface area contributed by atoms with Crippen LogP contribution in [0.15, 0.2) is 35.1 Å². The topological polar surface area (TPSA) is 99.6 Å². The third-order valence-electron chi connectivity index (χ3n) is 5.22. The lowest BCUT2D eigenvalue weighted by Gasteiger charge is -2.18. The minimum atomic E-state index is -0.595. The standard InChI is InChI=1S/C20H20ClN5O3/c1-11-13(12(2)26-17(22-11)10-19(28)24-26)9-18(27)23-15-7-8-25(20(15)29)16-6-4-3-5-14(16)21/h3-6,10,15H,7-9H2,1-2H3,(H,23,27)(H,24,28). The quantitative estimate of drug-likeness (QED) is 0.680. The van der Waals surface area contributed by atoms with Crippen molar-refractivity contribution in [1.29, 1.82) is 0 Å². The van der Waals surface area contributed by atoms with Crippen LogP contribution in [0, 0.1) is 13.8 Å². The van der Waals surface area contributed by atoms with Crippen LogP contribution < -0.4 is 15.8 Å². The van der Waals surface area contributed by atoms with Gasteiger partial charge in [0, 0.05) is 29.6 Å². The molecular formula is C20H20ClN5O3. The van der Waals surface area contributed by atoms with Crippen LogP contribution in [0.25, 0.3) is 5.65 Å². The van der Waals surface area contributed by atoms with E-state index in [0.29, 0.717) is 35.0 Å². The molecule has 1 unspecified atom stereocenters. The molecule has 2 amide bonds. The van der Waals surface area contributed by atoms with Crippen molar-refractivity contribution in [2.24, 2.45) is 0 Å². The summed E-state index contributed by atoms with van der Waals surface area (Å²) in [6, 6.07) is 7.96. The zero-order chi connectivity index (χ0) is 20.7. The van der Waals surface area contributed by atoms with Crippen molar-refractivity contribution in [2.45, 2.75) is 32.7 Å². The second-order valence-corrected chi connectivity index (χ2v) is 7.51. The Bertz CT molecular complexity index is 1180. The van der Waals surface area contributed by atoms with Gasteiger partial charge in [0.25, 0.3) is 5.56 Å². The highest BCUT2D eigenvalue weighted by atomic mass is 35.5. The molecule has 3 heterocycles. The van der Waals surface area contributed by atoms with Gasteiger partial charge in [-0.15, -0.1) is 0 Å². The number of rotatable bonds is 4. The first-order valence-corrected chi connectivity index (χ1v) is 9.66. The highest BCUT2D eigenvalue weighted by molar-refractivity contribution is 6.34. The SMILES string of the molecule is Cc1nc2cc(=O)[nH]n2c(C)c1CC(=O)NC1CCN(c2ccccc2Cl)C1=O. The Morgan fingerprint density at radius 3 is 2.83 bits per heavy atom. The number of halogens is 1. The summed E-state index contributed by atoms with van der Waals surface area (Å²) in [6.45, 7) is 4.11. The van der Waals surface area contributed by atoms with Crippen LogP contribution in [0.3, 0.4) is 0 Å². The molecule has 1 aliphatic rings. The van der Waals surface area contributed by atoms with E-state index in [9.17, 15) is 14.4 Å². The smallest absolute Gasteiger partial charge is 0.266 e. The van der Waals surface area contributed by atoms with Gasteiger partial charge in [0.05, 0.1) is 17.1 Å². The van der Waals surface area contributed by atoms with Gasteiger partial charge in [0.15, 0.2) is 5.65 Å². The predicted octanol–water partition coefficient (Wildman–Crippen LogP) is 1.76. The molecule has 1 saturated heterocycles. The zero-order valence-corrected chi connectivity index (χ0v) is 16.8. The number of aromatic amines is 1. The van der Waals surface area contributed by atoms with Gasteiger partial charge < -0.3 is 10.2 Å². The number of amides is 2. The normalized spacial score (nSPS) is 16.6. The summed E-state index contributed by atoms with van der Waals surface area (Å²) in [5.41, 5.74) is 3.03. The molecule has 0 saturated carbocycles. The molecule has 0 spiro atoms. The van der Waals surface area contributed by atoms with Gasteiger partial charge in [-0.2, -0.15) is 0 Å². The third-order valence-corrected chi connectivity index (χ3v) is 5.54. The maximum atomic E-state index is 12.8. The Morgan fingerprint density at radius 2 is 2.07 bits per heavy atom. The summed E-state index contributed by atoms with van der Waals surface area (Å²) >= 11 is 6.20. The van der Waals surface area contributed by atoms with Gasteiger partial charge in [0.2, 0.25) is 11.8 Å². The number of fused-ring (bicyclic) bond motifs is 1. The predicted molar refractivity (Wildman–Crippen MR) is 109 cm³/mol. The number of hydrogen-bond acceptors (Lipinski definition) is 4. The van der Waals surface area contributed by atoms with E-state index in [1.165, 1.54) is 6.07 Å². The Labute approximate surface area is 171 Å². The number of benzene rings is 1. The third kappa shape index (κ3) is 3.51. The van der Waals surface area contributed by atoms with E-state index in [1.807, 2.05) is 13.0 Å². The summed E-state index contributed by atoms with van der Waals surface area (Å²) in [7, 11) is 0. The zero-order valence-electron chi connectivity index (χ0n) is 16.0. The number of H-pyrrole nitrogens is 1. The molecule has 2 N–H and O–H groups in total. The fourth-order valence-corrected chi connectivity index (χ4v) is 3.98. The van der Waals surface area contributed by atoms with Crippen molar-refractivity contribution in [3.63, 3.8) is 0 Å². The van der Waals surface area contributed by atoms with E-state index in [4.69, 9.17) is 11.6 Å². The average molecular weight is 414 g/mol. The second-order valence-electron chi connectivity index (χ2n) is 7.10. The van der Waals surface area contributed by atoms with Crippen LogP contribution in [0.1, 0.15) is 23.4 Å². The summed E-state index contributed by atoms with van der Waals surface area (Å²) in [6.07, 6.45) is 0.576. The molecular weight excluding hydrogens is 394 g/mol. The van der Waals surface area contributed by atoms with Gasteiger partial charge in [-0.3, -0.25) is 19.5 Å². The molecule has 1 fully saturated rings. The fourth-order valence-electron chi connectivity index (χ4n) is 3.74. The molecule has 2 aromatic heterocycles. The van der Waals surface area contributed by atoms with Crippen LogP contribution in [0.5, 0.6) is 0 Å². The Hall–Kier alpha value is -3.13. The maximum Gasteiger partial charge on any atom is 0.266 e. The van der Waals surface area contributed by atoms with E-state index in [0.717, 1.165) is 11.3 Å². The van der Waals surface area contributed by atoms with E-state index >= 15 is 0 Å². The molecule has 0 aliphatic carbocycles. The maximum absolute atomic E-state index is 12.8. The van der Waals surface area contributed by atoms with E-state index in [-0.39, 0.29) is 23.8 Å². The van der Waals surface area contributed by atoms with Crippen LogP contribution in [-0.2, 0) is 16.0 Å². The molecule has 150 valence electrons. The first kappa shape index (κ1) is 19.2. The van der Waals surface area contributed by atoms with Gasteiger partial charge in [-0.1, -0.05) is 23.7 Å². The lowest BCUT2D eigenvalue weighted by atomic mass is 10.1. The highest BCUT2D eigenvalue weighted by Crippen LogP contribution is 2.29. The average Bonchev–Trinajstić information content (AvgIpc) is 3.22.